The Balaban J connectivity index is 1.99. The number of halogens is 2. The van der Waals surface area contributed by atoms with E-state index < -0.39 is 5.91 Å². The average Bonchev–Trinajstić information content (AvgIpc) is 2.45. The van der Waals surface area contributed by atoms with Gasteiger partial charge in [0.15, 0.2) is 6.61 Å². The Bertz CT molecular complexity index is 649. The third-order valence-corrected chi connectivity index (χ3v) is 3.21. The summed E-state index contributed by atoms with van der Waals surface area (Å²) < 4.78 is 19.6. The molecule has 21 heavy (non-hydrogen) atoms. The summed E-state index contributed by atoms with van der Waals surface area (Å²) in [6, 6.07) is 12.0. The molecule has 0 unspecified atom stereocenters. The summed E-state index contributed by atoms with van der Waals surface area (Å²) in [5.41, 5.74) is 6.34. The van der Waals surface area contributed by atoms with Crippen molar-refractivity contribution < 1.29 is 13.9 Å². The van der Waals surface area contributed by atoms with E-state index in [9.17, 15) is 9.18 Å². The Labute approximate surface area is 130 Å². The summed E-state index contributed by atoms with van der Waals surface area (Å²) in [6.45, 7) is 0.170. The first kappa shape index (κ1) is 15.3. The van der Waals surface area contributed by atoms with Crippen molar-refractivity contribution in [1.29, 1.82) is 0 Å². The molecule has 110 valence electrons. The van der Waals surface area contributed by atoms with Gasteiger partial charge >= 0.3 is 0 Å². The van der Waals surface area contributed by atoms with Crippen molar-refractivity contribution in [3.63, 3.8) is 0 Å². The molecule has 0 aliphatic heterocycles. The lowest BCUT2D eigenvalue weighted by molar-refractivity contribution is -0.119. The average molecular weight is 353 g/mol. The van der Waals surface area contributed by atoms with Crippen LogP contribution in [0.15, 0.2) is 46.9 Å². The first-order valence-electron chi connectivity index (χ1n) is 6.23. The third-order valence-electron chi connectivity index (χ3n) is 2.71. The number of carbonyl (C=O) groups is 1. The molecule has 1 amide bonds. The van der Waals surface area contributed by atoms with Crippen molar-refractivity contribution in [2.45, 2.75) is 6.54 Å². The fourth-order valence-electron chi connectivity index (χ4n) is 1.71. The number of amides is 1. The molecule has 0 radical (unpaired) electrons. The highest BCUT2D eigenvalue weighted by Crippen LogP contribution is 2.20. The lowest BCUT2D eigenvalue weighted by Gasteiger charge is -2.10. The highest BCUT2D eigenvalue weighted by atomic mass is 79.9. The largest absolute Gasteiger partial charge is 0.484 e. The summed E-state index contributed by atoms with van der Waals surface area (Å²) in [7, 11) is 0. The smallest absolute Gasteiger partial charge is 0.255 e. The number of nitrogens with one attached hydrogen (secondary N) is 1. The Morgan fingerprint density at radius 1 is 1.29 bits per heavy atom. The van der Waals surface area contributed by atoms with Crippen LogP contribution in [0.2, 0.25) is 0 Å². The van der Waals surface area contributed by atoms with Crippen LogP contribution in [0.5, 0.6) is 5.75 Å². The van der Waals surface area contributed by atoms with E-state index in [1.54, 1.807) is 30.3 Å². The fraction of sp³-hybridized carbons (Fsp3) is 0.133. The van der Waals surface area contributed by atoms with Gasteiger partial charge in [-0.3, -0.25) is 4.79 Å². The molecule has 0 saturated heterocycles. The molecule has 0 bridgehead atoms. The number of benzene rings is 2. The Kier molecular flexibility index (Phi) is 5.16. The van der Waals surface area contributed by atoms with Crippen LogP contribution < -0.4 is 15.8 Å². The van der Waals surface area contributed by atoms with Crippen LogP contribution in [0.1, 0.15) is 5.56 Å². The first-order valence-corrected chi connectivity index (χ1v) is 7.03. The van der Waals surface area contributed by atoms with E-state index in [4.69, 9.17) is 10.5 Å². The van der Waals surface area contributed by atoms with E-state index in [1.807, 2.05) is 6.07 Å². The summed E-state index contributed by atoms with van der Waals surface area (Å²) in [5.74, 6) is -0.293. The third kappa shape index (κ3) is 4.75. The molecule has 4 nitrogen and oxygen atoms in total. The topological polar surface area (TPSA) is 64.4 Å². The van der Waals surface area contributed by atoms with Crippen molar-refractivity contribution in [3.8, 4) is 5.75 Å². The van der Waals surface area contributed by atoms with Crippen LogP contribution in [-0.2, 0) is 11.3 Å². The number of hydrogen-bond acceptors (Lipinski definition) is 3. The van der Waals surface area contributed by atoms with Crippen LogP contribution in [0.3, 0.4) is 0 Å². The SMILES string of the molecule is NC(=O)COc1cccc(NCc2ccc(Br)cc2F)c1. The van der Waals surface area contributed by atoms with E-state index >= 15 is 0 Å². The maximum Gasteiger partial charge on any atom is 0.255 e. The van der Waals surface area contributed by atoms with Crippen LogP contribution in [0, 0.1) is 5.82 Å². The second-order valence-corrected chi connectivity index (χ2v) is 5.29. The molecular weight excluding hydrogens is 339 g/mol. The molecule has 0 aliphatic rings. The second-order valence-electron chi connectivity index (χ2n) is 4.37. The van der Waals surface area contributed by atoms with Gasteiger partial charge in [0.1, 0.15) is 11.6 Å². The molecule has 0 aromatic heterocycles. The molecule has 0 aliphatic carbocycles. The highest BCUT2D eigenvalue weighted by molar-refractivity contribution is 9.10. The summed E-state index contributed by atoms with van der Waals surface area (Å²) in [4.78, 5) is 10.7. The van der Waals surface area contributed by atoms with Gasteiger partial charge in [0.25, 0.3) is 5.91 Å². The minimum atomic E-state index is -0.537. The lowest BCUT2D eigenvalue weighted by atomic mass is 10.2. The van der Waals surface area contributed by atoms with Gasteiger partial charge in [-0.05, 0) is 24.3 Å². The van der Waals surface area contributed by atoms with Gasteiger partial charge in [0, 0.05) is 28.3 Å². The number of rotatable bonds is 6. The number of carbonyl (C=O) groups excluding carboxylic acids is 1. The number of nitrogens with two attached hydrogens (primary N) is 1. The van der Waals surface area contributed by atoms with Crippen molar-refractivity contribution in [2.24, 2.45) is 5.73 Å². The van der Waals surface area contributed by atoms with Gasteiger partial charge in [-0.2, -0.15) is 0 Å². The Morgan fingerprint density at radius 3 is 2.81 bits per heavy atom. The zero-order valence-electron chi connectivity index (χ0n) is 11.1. The number of primary amides is 1. The molecule has 2 rings (SSSR count). The summed E-state index contributed by atoms with van der Waals surface area (Å²) in [5, 5.41) is 3.10. The van der Waals surface area contributed by atoms with Crippen molar-refractivity contribution in [3.05, 3.63) is 58.3 Å². The van der Waals surface area contributed by atoms with Crippen LogP contribution in [-0.4, -0.2) is 12.5 Å². The predicted octanol–water partition coefficient (Wildman–Crippen LogP) is 3.06. The quantitative estimate of drug-likeness (QED) is 0.839. The van der Waals surface area contributed by atoms with E-state index in [-0.39, 0.29) is 12.4 Å². The van der Waals surface area contributed by atoms with Gasteiger partial charge in [-0.1, -0.05) is 28.1 Å². The molecule has 2 aromatic carbocycles. The zero-order chi connectivity index (χ0) is 15.2. The second kappa shape index (κ2) is 7.08. The normalized spacial score (nSPS) is 10.2. The van der Waals surface area contributed by atoms with Gasteiger partial charge in [-0.25, -0.2) is 4.39 Å². The van der Waals surface area contributed by atoms with Gasteiger partial charge in [0.05, 0.1) is 0 Å². The van der Waals surface area contributed by atoms with E-state index in [0.29, 0.717) is 22.3 Å². The molecule has 3 N–H and O–H groups in total. The molecule has 6 heteroatoms. The van der Waals surface area contributed by atoms with E-state index in [0.717, 1.165) is 5.69 Å². The molecule has 0 heterocycles. The predicted molar refractivity (Wildman–Crippen MR) is 82.6 cm³/mol. The molecule has 0 saturated carbocycles. The molecule has 0 fully saturated rings. The fourth-order valence-corrected chi connectivity index (χ4v) is 2.05. The minimum absolute atomic E-state index is 0.176. The summed E-state index contributed by atoms with van der Waals surface area (Å²) in [6.07, 6.45) is 0. The highest BCUT2D eigenvalue weighted by Gasteiger charge is 2.04. The Morgan fingerprint density at radius 2 is 2.10 bits per heavy atom. The lowest BCUT2D eigenvalue weighted by Crippen LogP contribution is -2.20. The van der Waals surface area contributed by atoms with E-state index in [1.165, 1.54) is 6.07 Å². The number of anilines is 1. The molecule has 0 atom stereocenters. The van der Waals surface area contributed by atoms with Gasteiger partial charge in [-0.15, -0.1) is 0 Å². The maximum absolute atomic E-state index is 13.7. The van der Waals surface area contributed by atoms with Crippen LogP contribution >= 0.6 is 15.9 Å². The van der Waals surface area contributed by atoms with Gasteiger partial charge in [0.2, 0.25) is 0 Å². The molecule has 2 aromatic rings. The van der Waals surface area contributed by atoms with Crippen LogP contribution in [0.25, 0.3) is 0 Å². The van der Waals surface area contributed by atoms with Crippen molar-refractivity contribution >= 4 is 27.5 Å². The van der Waals surface area contributed by atoms with Gasteiger partial charge < -0.3 is 15.8 Å². The minimum Gasteiger partial charge on any atom is -0.484 e. The molecular formula is C15H14BrFN2O2. The maximum atomic E-state index is 13.7. The standard InChI is InChI=1S/C15H14BrFN2O2/c16-11-5-4-10(14(17)6-11)8-19-12-2-1-3-13(7-12)21-9-15(18)20/h1-7,19H,8-9H2,(H2,18,20). The van der Waals surface area contributed by atoms with Crippen molar-refractivity contribution in [2.75, 3.05) is 11.9 Å². The number of hydrogen-bond donors (Lipinski definition) is 2. The Hall–Kier alpha value is -2.08. The summed E-state index contributed by atoms with van der Waals surface area (Å²) >= 11 is 3.22. The van der Waals surface area contributed by atoms with E-state index in [2.05, 4.69) is 21.2 Å². The first-order chi connectivity index (χ1) is 10.0. The number of ether oxygens (including phenoxy) is 1. The van der Waals surface area contributed by atoms with Crippen molar-refractivity contribution in [1.82, 2.24) is 0 Å². The monoisotopic (exact) mass is 352 g/mol. The zero-order valence-corrected chi connectivity index (χ0v) is 12.7. The molecule has 0 spiro atoms. The van der Waals surface area contributed by atoms with Crippen LogP contribution in [0.4, 0.5) is 10.1 Å².